The highest BCUT2D eigenvalue weighted by Crippen LogP contribution is 2.08. The molecule has 0 saturated heterocycles. The van der Waals surface area contributed by atoms with Crippen LogP contribution in [0, 0.1) is 0 Å². The summed E-state index contributed by atoms with van der Waals surface area (Å²) in [5.41, 5.74) is 1.27. The minimum atomic E-state index is -0.622. The second-order valence-electron chi connectivity index (χ2n) is 6.85. The molecule has 0 heterocycles. The SMILES string of the molecule is O=C(OCCOC(=O)c1ccc(C(=O)OCCOC(=O)c2ccccc2)cc1)c1ccccc1. The van der Waals surface area contributed by atoms with E-state index in [9.17, 15) is 19.2 Å². The average molecular weight is 462 g/mol. The maximum Gasteiger partial charge on any atom is 0.338 e. The normalized spacial score (nSPS) is 10.1. The van der Waals surface area contributed by atoms with Crippen LogP contribution in [0.1, 0.15) is 41.4 Å². The van der Waals surface area contributed by atoms with E-state index < -0.39 is 23.9 Å². The van der Waals surface area contributed by atoms with Gasteiger partial charge in [0.2, 0.25) is 0 Å². The lowest BCUT2D eigenvalue weighted by Crippen LogP contribution is -2.15. The summed E-state index contributed by atoms with van der Waals surface area (Å²) in [6.07, 6.45) is 0. The van der Waals surface area contributed by atoms with Crippen molar-refractivity contribution in [1.29, 1.82) is 0 Å². The molecular weight excluding hydrogens is 440 g/mol. The van der Waals surface area contributed by atoms with E-state index in [0.717, 1.165) is 0 Å². The number of ether oxygens (including phenoxy) is 4. The predicted molar refractivity (Wildman–Crippen MR) is 120 cm³/mol. The first-order chi connectivity index (χ1) is 16.5. The van der Waals surface area contributed by atoms with Crippen LogP contribution in [0.15, 0.2) is 84.9 Å². The number of hydrogen-bond donors (Lipinski definition) is 0. The van der Waals surface area contributed by atoms with Crippen LogP contribution in [0.2, 0.25) is 0 Å². The minimum Gasteiger partial charge on any atom is -0.458 e. The molecule has 0 aromatic heterocycles. The topological polar surface area (TPSA) is 105 Å². The Balaban J connectivity index is 1.35. The molecule has 0 unspecified atom stereocenters. The molecule has 3 aromatic rings. The molecule has 0 aliphatic carbocycles. The Bertz CT molecular complexity index is 1020. The van der Waals surface area contributed by atoms with Crippen molar-refractivity contribution in [2.45, 2.75) is 0 Å². The molecule has 0 spiro atoms. The third kappa shape index (κ3) is 7.30. The maximum absolute atomic E-state index is 12.1. The summed E-state index contributed by atoms with van der Waals surface area (Å²) in [6.45, 7) is -0.386. The van der Waals surface area contributed by atoms with Gasteiger partial charge in [0.15, 0.2) is 0 Å². The molecule has 3 rings (SSSR count). The van der Waals surface area contributed by atoms with E-state index in [1.165, 1.54) is 24.3 Å². The van der Waals surface area contributed by atoms with Crippen LogP contribution < -0.4 is 0 Å². The molecule has 0 atom stereocenters. The van der Waals surface area contributed by atoms with Gasteiger partial charge in [0.1, 0.15) is 26.4 Å². The van der Waals surface area contributed by atoms with E-state index in [0.29, 0.717) is 11.1 Å². The fourth-order valence-electron chi connectivity index (χ4n) is 2.76. The van der Waals surface area contributed by atoms with Crippen LogP contribution in [0.5, 0.6) is 0 Å². The molecule has 174 valence electrons. The van der Waals surface area contributed by atoms with Crippen LogP contribution in [0.3, 0.4) is 0 Å². The molecule has 0 aliphatic heterocycles. The van der Waals surface area contributed by atoms with Gasteiger partial charge in [-0.05, 0) is 48.5 Å². The van der Waals surface area contributed by atoms with Crippen molar-refractivity contribution in [3.63, 3.8) is 0 Å². The highest BCUT2D eigenvalue weighted by atomic mass is 16.6. The summed E-state index contributed by atoms with van der Waals surface area (Å²) in [5.74, 6) is -2.25. The fourth-order valence-corrected chi connectivity index (χ4v) is 2.76. The molecule has 0 bridgehead atoms. The first kappa shape index (κ1) is 24.2. The average Bonchev–Trinajstić information content (AvgIpc) is 2.89. The largest absolute Gasteiger partial charge is 0.458 e. The number of carbonyl (C=O) groups excluding carboxylic acids is 4. The third-order valence-corrected chi connectivity index (χ3v) is 4.47. The van der Waals surface area contributed by atoms with Crippen molar-refractivity contribution in [3.8, 4) is 0 Å². The summed E-state index contributed by atoms with van der Waals surface area (Å²) in [7, 11) is 0. The van der Waals surface area contributed by atoms with Gasteiger partial charge in [0.25, 0.3) is 0 Å². The first-order valence-corrected chi connectivity index (χ1v) is 10.4. The van der Waals surface area contributed by atoms with E-state index in [1.807, 2.05) is 0 Å². The second kappa shape index (κ2) is 12.5. The first-order valence-electron chi connectivity index (χ1n) is 10.4. The van der Waals surface area contributed by atoms with Crippen LogP contribution in [0.25, 0.3) is 0 Å². The van der Waals surface area contributed by atoms with E-state index in [-0.39, 0.29) is 37.6 Å². The van der Waals surface area contributed by atoms with Crippen molar-refractivity contribution in [2.75, 3.05) is 26.4 Å². The molecule has 0 radical (unpaired) electrons. The summed E-state index contributed by atoms with van der Waals surface area (Å²) in [4.78, 5) is 47.9. The minimum absolute atomic E-state index is 0.0846. The van der Waals surface area contributed by atoms with Crippen molar-refractivity contribution in [3.05, 3.63) is 107 Å². The zero-order valence-corrected chi connectivity index (χ0v) is 18.2. The zero-order valence-electron chi connectivity index (χ0n) is 18.2. The van der Waals surface area contributed by atoms with E-state index in [1.54, 1.807) is 60.7 Å². The van der Waals surface area contributed by atoms with Gasteiger partial charge >= 0.3 is 23.9 Å². The summed E-state index contributed by atoms with van der Waals surface area (Å²) in [5, 5.41) is 0. The van der Waals surface area contributed by atoms with Crippen molar-refractivity contribution in [2.24, 2.45) is 0 Å². The molecule has 34 heavy (non-hydrogen) atoms. The van der Waals surface area contributed by atoms with Gasteiger partial charge in [-0.25, -0.2) is 19.2 Å². The van der Waals surface area contributed by atoms with E-state index in [4.69, 9.17) is 18.9 Å². The van der Waals surface area contributed by atoms with Gasteiger partial charge in [0, 0.05) is 0 Å². The molecule has 0 N–H and O–H groups in total. The lowest BCUT2D eigenvalue weighted by atomic mass is 10.1. The Kier molecular flexibility index (Phi) is 8.92. The van der Waals surface area contributed by atoms with Gasteiger partial charge in [-0.2, -0.15) is 0 Å². The predicted octanol–water partition coefficient (Wildman–Crippen LogP) is 3.71. The molecular formula is C26H22O8. The highest BCUT2D eigenvalue weighted by molar-refractivity contribution is 5.93. The van der Waals surface area contributed by atoms with Gasteiger partial charge in [0.05, 0.1) is 22.3 Å². The van der Waals surface area contributed by atoms with Gasteiger partial charge < -0.3 is 18.9 Å². The Morgan fingerprint density at radius 3 is 0.882 bits per heavy atom. The fraction of sp³-hybridized carbons (Fsp3) is 0.154. The summed E-state index contributed by atoms with van der Waals surface area (Å²) in [6, 6.07) is 22.6. The van der Waals surface area contributed by atoms with Crippen LogP contribution in [-0.2, 0) is 18.9 Å². The third-order valence-electron chi connectivity index (χ3n) is 4.47. The summed E-state index contributed by atoms with van der Waals surface area (Å²) >= 11 is 0. The van der Waals surface area contributed by atoms with Crippen LogP contribution in [-0.4, -0.2) is 50.3 Å². The monoisotopic (exact) mass is 462 g/mol. The van der Waals surface area contributed by atoms with Crippen LogP contribution in [0.4, 0.5) is 0 Å². The number of carbonyl (C=O) groups is 4. The quantitative estimate of drug-likeness (QED) is 0.255. The number of hydrogen-bond acceptors (Lipinski definition) is 8. The Morgan fingerprint density at radius 2 is 0.618 bits per heavy atom. The molecule has 0 saturated carbocycles. The molecule has 0 aliphatic rings. The maximum atomic E-state index is 12.1. The number of benzene rings is 3. The molecule has 0 amide bonds. The van der Waals surface area contributed by atoms with Gasteiger partial charge in [-0.3, -0.25) is 0 Å². The van der Waals surface area contributed by atoms with Gasteiger partial charge in [-0.1, -0.05) is 36.4 Å². The van der Waals surface area contributed by atoms with Crippen molar-refractivity contribution in [1.82, 2.24) is 0 Å². The van der Waals surface area contributed by atoms with E-state index >= 15 is 0 Å². The second-order valence-corrected chi connectivity index (χ2v) is 6.85. The number of esters is 4. The lowest BCUT2D eigenvalue weighted by Gasteiger charge is -2.08. The molecule has 8 heteroatoms. The Labute approximate surface area is 196 Å². The zero-order chi connectivity index (χ0) is 24.2. The van der Waals surface area contributed by atoms with Gasteiger partial charge in [-0.15, -0.1) is 0 Å². The van der Waals surface area contributed by atoms with Crippen molar-refractivity contribution < 1.29 is 38.1 Å². The Morgan fingerprint density at radius 1 is 0.382 bits per heavy atom. The molecule has 3 aromatic carbocycles. The van der Waals surface area contributed by atoms with Crippen LogP contribution >= 0.6 is 0 Å². The van der Waals surface area contributed by atoms with E-state index in [2.05, 4.69) is 0 Å². The molecule has 0 fully saturated rings. The Hall–Kier alpha value is -4.46. The highest BCUT2D eigenvalue weighted by Gasteiger charge is 2.12. The number of rotatable bonds is 10. The summed E-state index contributed by atoms with van der Waals surface area (Å²) < 4.78 is 20.2. The standard InChI is InChI=1S/C26H22O8/c27-23(19-7-3-1-4-8-19)31-15-17-33-25(29)21-11-13-22(14-12-21)26(30)34-18-16-32-24(28)20-9-5-2-6-10-20/h1-14H,15-18H2. The molecule has 8 nitrogen and oxygen atoms in total. The lowest BCUT2D eigenvalue weighted by molar-refractivity contribution is 0.0263. The smallest absolute Gasteiger partial charge is 0.338 e. The van der Waals surface area contributed by atoms with Crippen molar-refractivity contribution >= 4 is 23.9 Å².